The fourth-order valence-electron chi connectivity index (χ4n) is 6.17. The SMILES string of the molecule is NC(=O)N1CC[C@@]2(C1)C(=O)NC[C@H]2C(=O)N1C[C@H](F)C[C@H]1C(=O)N[C@@H](c1ccccc1)c1ccc(C(N)N)cc1. The maximum Gasteiger partial charge on any atom is 0.314 e. The number of rotatable bonds is 6. The molecule has 2 aromatic rings. The molecular formula is C28H34FN7O4. The third-order valence-electron chi connectivity index (χ3n) is 8.41. The maximum absolute atomic E-state index is 14.8. The summed E-state index contributed by atoms with van der Waals surface area (Å²) in [6, 6.07) is 14.2. The Hall–Kier alpha value is -4.03. The lowest BCUT2D eigenvalue weighted by Crippen LogP contribution is -2.52. The summed E-state index contributed by atoms with van der Waals surface area (Å²) in [5, 5.41) is 5.75. The normalized spacial score (nSPS) is 26.8. The number of hydrogen-bond donors (Lipinski definition) is 5. The van der Waals surface area contributed by atoms with Crippen molar-refractivity contribution >= 4 is 23.8 Å². The molecule has 0 unspecified atom stereocenters. The van der Waals surface area contributed by atoms with E-state index in [1.54, 1.807) is 12.1 Å². The van der Waals surface area contributed by atoms with Crippen LogP contribution in [-0.4, -0.2) is 71.9 Å². The van der Waals surface area contributed by atoms with Gasteiger partial charge in [-0.05, 0) is 23.1 Å². The maximum atomic E-state index is 14.8. The third kappa shape index (κ3) is 5.00. The van der Waals surface area contributed by atoms with Crippen LogP contribution in [0.1, 0.15) is 41.7 Å². The van der Waals surface area contributed by atoms with Crippen molar-refractivity contribution in [2.24, 2.45) is 28.5 Å². The average molecular weight is 552 g/mol. The molecule has 3 aliphatic heterocycles. The second kappa shape index (κ2) is 10.9. The van der Waals surface area contributed by atoms with Gasteiger partial charge < -0.3 is 37.6 Å². The second-order valence-electron chi connectivity index (χ2n) is 10.8. The van der Waals surface area contributed by atoms with E-state index >= 15 is 0 Å². The monoisotopic (exact) mass is 551 g/mol. The van der Waals surface area contributed by atoms with Gasteiger partial charge in [-0.2, -0.15) is 0 Å². The third-order valence-corrected chi connectivity index (χ3v) is 8.41. The minimum atomic E-state index is -1.40. The van der Waals surface area contributed by atoms with Crippen LogP contribution in [0.5, 0.6) is 0 Å². The Labute approximate surface area is 231 Å². The Balaban J connectivity index is 1.39. The van der Waals surface area contributed by atoms with Crippen LogP contribution in [0.2, 0.25) is 0 Å². The summed E-state index contributed by atoms with van der Waals surface area (Å²) in [5.74, 6) is -2.17. The van der Waals surface area contributed by atoms with Gasteiger partial charge in [-0.25, -0.2) is 9.18 Å². The molecule has 40 heavy (non-hydrogen) atoms. The Kier molecular flexibility index (Phi) is 7.47. The Morgan fingerprint density at radius 3 is 2.30 bits per heavy atom. The minimum absolute atomic E-state index is 0.00681. The smallest absolute Gasteiger partial charge is 0.314 e. The van der Waals surface area contributed by atoms with Gasteiger partial charge in [0.25, 0.3) is 0 Å². The first-order chi connectivity index (χ1) is 19.1. The van der Waals surface area contributed by atoms with Crippen molar-refractivity contribution < 1.29 is 23.6 Å². The fourth-order valence-corrected chi connectivity index (χ4v) is 6.17. The molecule has 3 saturated heterocycles. The van der Waals surface area contributed by atoms with Crippen LogP contribution >= 0.6 is 0 Å². The number of amides is 5. The number of hydrogen-bond acceptors (Lipinski definition) is 6. The molecule has 5 atom stereocenters. The molecule has 3 aliphatic rings. The van der Waals surface area contributed by atoms with Crippen LogP contribution < -0.4 is 27.8 Å². The molecule has 0 aromatic heterocycles. The van der Waals surface area contributed by atoms with Crippen molar-refractivity contribution in [2.45, 2.75) is 37.3 Å². The van der Waals surface area contributed by atoms with Crippen LogP contribution in [0.3, 0.4) is 0 Å². The molecule has 212 valence electrons. The predicted octanol–water partition coefficient (Wildman–Crippen LogP) is 0.264. The summed E-state index contributed by atoms with van der Waals surface area (Å²) in [6.45, 7) is 0.0479. The van der Waals surface area contributed by atoms with E-state index in [4.69, 9.17) is 17.2 Å². The number of carbonyl (C=O) groups excluding carboxylic acids is 4. The molecule has 1 spiro atoms. The van der Waals surface area contributed by atoms with Gasteiger partial charge in [-0.1, -0.05) is 54.6 Å². The number of alkyl halides is 1. The van der Waals surface area contributed by atoms with Crippen molar-refractivity contribution in [2.75, 3.05) is 26.2 Å². The molecule has 5 amide bonds. The Bertz CT molecular complexity index is 1290. The van der Waals surface area contributed by atoms with E-state index in [0.29, 0.717) is 0 Å². The number of nitrogens with two attached hydrogens (primary N) is 3. The first kappa shape index (κ1) is 27.5. The molecular weight excluding hydrogens is 517 g/mol. The second-order valence-corrected chi connectivity index (χ2v) is 10.8. The average Bonchev–Trinajstić information content (AvgIpc) is 3.65. The number of urea groups is 1. The molecule has 11 nitrogen and oxygen atoms in total. The highest BCUT2D eigenvalue weighted by atomic mass is 19.1. The fraction of sp³-hybridized carbons (Fsp3) is 0.429. The van der Waals surface area contributed by atoms with Gasteiger partial charge in [0.1, 0.15) is 12.2 Å². The Morgan fingerprint density at radius 1 is 1.02 bits per heavy atom. The zero-order chi connectivity index (χ0) is 28.6. The molecule has 8 N–H and O–H groups in total. The number of likely N-dealkylation sites (tertiary alicyclic amines) is 2. The molecule has 0 radical (unpaired) electrons. The highest BCUT2D eigenvalue weighted by molar-refractivity contribution is 5.97. The summed E-state index contributed by atoms with van der Waals surface area (Å²) >= 11 is 0. The molecule has 3 heterocycles. The number of nitrogens with zero attached hydrogens (tertiary/aromatic N) is 2. The quantitative estimate of drug-likeness (QED) is 0.322. The van der Waals surface area contributed by atoms with Crippen molar-refractivity contribution in [3.8, 4) is 0 Å². The lowest BCUT2D eigenvalue weighted by Gasteiger charge is -2.33. The van der Waals surface area contributed by atoms with Crippen LogP contribution in [0.15, 0.2) is 54.6 Å². The van der Waals surface area contributed by atoms with E-state index in [9.17, 15) is 23.6 Å². The number of benzene rings is 2. The summed E-state index contributed by atoms with van der Waals surface area (Å²) in [5.41, 5.74) is 18.1. The first-order valence-electron chi connectivity index (χ1n) is 13.3. The van der Waals surface area contributed by atoms with Crippen molar-refractivity contribution in [1.29, 1.82) is 0 Å². The number of primary amides is 1. The molecule has 0 bridgehead atoms. The molecule has 2 aromatic carbocycles. The van der Waals surface area contributed by atoms with Gasteiger partial charge >= 0.3 is 6.03 Å². The van der Waals surface area contributed by atoms with Gasteiger partial charge in [0.2, 0.25) is 17.7 Å². The number of halogens is 1. The zero-order valence-electron chi connectivity index (χ0n) is 22.0. The minimum Gasteiger partial charge on any atom is -0.355 e. The summed E-state index contributed by atoms with van der Waals surface area (Å²) < 4.78 is 14.8. The molecule has 3 fully saturated rings. The van der Waals surface area contributed by atoms with Crippen molar-refractivity contribution in [3.05, 3.63) is 71.3 Å². The highest BCUT2D eigenvalue weighted by Crippen LogP contribution is 2.43. The van der Waals surface area contributed by atoms with E-state index < -0.39 is 53.6 Å². The van der Waals surface area contributed by atoms with E-state index in [2.05, 4.69) is 10.6 Å². The zero-order valence-corrected chi connectivity index (χ0v) is 22.0. The van der Waals surface area contributed by atoms with E-state index in [1.165, 1.54) is 9.80 Å². The van der Waals surface area contributed by atoms with Crippen LogP contribution in [0.25, 0.3) is 0 Å². The summed E-state index contributed by atoms with van der Waals surface area (Å²) in [7, 11) is 0. The van der Waals surface area contributed by atoms with Crippen LogP contribution in [0.4, 0.5) is 9.18 Å². The van der Waals surface area contributed by atoms with Crippen LogP contribution in [-0.2, 0) is 14.4 Å². The van der Waals surface area contributed by atoms with Gasteiger partial charge in [0.15, 0.2) is 0 Å². The van der Waals surface area contributed by atoms with Crippen molar-refractivity contribution in [3.63, 3.8) is 0 Å². The first-order valence-corrected chi connectivity index (χ1v) is 13.3. The lowest BCUT2D eigenvalue weighted by molar-refractivity contribution is -0.146. The molecule has 5 rings (SSSR count). The summed E-state index contributed by atoms with van der Waals surface area (Å²) in [4.78, 5) is 54.8. The largest absolute Gasteiger partial charge is 0.355 e. The molecule has 0 aliphatic carbocycles. The Morgan fingerprint density at radius 2 is 1.68 bits per heavy atom. The summed E-state index contributed by atoms with van der Waals surface area (Å²) in [6.07, 6.45) is -1.94. The predicted molar refractivity (Wildman–Crippen MR) is 144 cm³/mol. The van der Waals surface area contributed by atoms with E-state index in [0.717, 1.165) is 16.7 Å². The topological polar surface area (TPSA) is 177 Å². The van der Waals surface area contributed by atoms with Crippen LogP contribution in [0, 0.1) is 11.3 Å². The van der Waals surface area contributed by atoms with Gasteiger partial charge in [-0.15, -0.1) is 0 Å². The van der Waals surface area contributed by atoms with Gasteiger partial charge in [0.05, 0.1) is 30.1 Å². The highest BCUT2D eigenvalue weighted by Gasteiger charge is 2.59. The van der Waals surface area contributed by atoms with Gasteiger partial charge in [-0.3, -0.25) is 14.4 Å². The van der Waals surface area contributed by atoms with E-state index in [-0.39, 0.29) is 44.9 Å². The molecule has 0 saturated carbocycles. The number of carbonyl (C=O) groups is 4. The number of nitrogens with one attached hydrogen (secondary N) is 2. The van der Waals surface area contributed by atoms with Crippen molar-refractivity contribution in [1.82, 2.24) is 20.4 Å². The lowest BCUT2D eigenvalue weighted by atomic mass is 9.75. The van der Waals surface area contributed by atoms with Gasteiger partial charge in [0, 0.05) is 26.1 Å². The van der Waals surface area contributed by atoms with E-state index in [1.807, 2.05) is 42.5 Å². The standard InChI is InChI=1S/C28H34FN7O4/c29-19-12-21(36(14-19)25(38)20-13-33-26(39)28(20)10-11-35(15-28)27(32)40)24(37)34-22(16-4-2-1-3-5-16)17-6-8-18(9-7-17)23(30)31/h1-9,19-23H,10-15,30-31H2,(H2,32,40)(H,33,39)(H,34,37)/t19-,20+,21+,22+,28+/m1/s1. The molecule has 12 heteroatoms.